The van der Waals surface area contributed by atoms with Crippen LogP contribution in [0.15, 0.2) is 66.7 Å². The number of carbonyl (C=O) groups excluding carboxylic acids is 1. The molecule has 0 radical (unpaired) electrons. The van der Waals surface area contributed by atoms with Crippen LogP contribution in [-0.4, -0.2) is 31.0 Å². The lowest BCUT2D eigenvalue weighted by Gasteiger charge is -2.32. The van der Waals surface area contributed by atoms with Crippen LogP contribution in [0.3, 0.4) is 0 Å². The highest BCUT2D eigenvalue weighted by atomic mass is 16.5. The molecule has 1 N–H and O–H groups in total. The Hall–Kier alpha value is -3.11. The number of rotatable bonds is 9. The lowest BCUT2D eigenvalue weighted by Crippen LogP contribution is -2.33. The van der Waals surface area contributed by atoms with Gasteiger partial charge in [0.05, 0.1) is 13.2 Å². The van der Waals surface area contributed by atoms with E-state index >= 15 is 0 Å². The Morgan fingerprint density at radius 2 is 1.62 bits per heavy atom. The molecule has 0 aromatic heterocycles. The third kappa shape index (κ3) is 7.01. The van der Waals surface area contributed by atoms with Crippen LogP contribution in [0.5, 0.6) is 5.75 Å². The molecule has 1 amide bonds. The van der Waals surface area contributed by atoms with Gasteiger partial charge < -0.3 is 10.1 Å². The molecule has 4 nitrogen and oxygen atoms in total. The van der Waals surface area contributed by atoms with E-state index in [1.54, 1.807) is 7.11 Å². The van der Waals surface area contributed by atoms with Crippen LogP contribution in [-0.2, 0) is 13.0 Å². The molecule has 0 spiro atoms. The molecule has 4 heteroatoms. The molecule has 1 aliphatic heterocycles. The van der Waals surface area contributed by atoms with Gasteiger partial charge in [-0.1, -0.05) is 56.3 Å². The second kappa shape index (κ2) is 12.4. The van der Waals surface area contributed by atoms with E-state index in [1.165, 1.54) is 30.4 Å². The van der Waals surface area contributed by atoms with Gasteiger partial charge in [-0.25, -0.2) is 0 Å². The number of nitrogens with zero attached hydrogens (tertiary/aromatic N) is 1. The van der Waals surface area contributed by atoms with Crippen molar-refractivity contribution in [2.75, 3.05) is 20.2 Å². The molecule has 1 aliphatic rings. The number of ether oxygens (including phenoxy) is 1. The van der Waals surface area contributed by atoms with Crippen LogP contribution in [0.25, 0.3) is 0 Å². The van der Waals surface area contributed by atoms with Crippen LogP contribution in [0.1, 0.15) is 83.7 Å². The number of benzene rings is 3. The van der Waals surface area contributed by atoms with E-state index in [0.29, 0.717) is 11.5 Å². The first kappa shape index (κ1) is 26.9. The number of likely N-dealkylation sites (tertiary alicyclic amines) is 1. The minimum atomic E-state index is -0.0900. The first-order valence-corrected chi connectivity index (χ1v) is 13.7. The van der Waals surface area contributed by atoms with E-state index in [0.717, 1.165) is 48.0 Å². The summed E-state index contributed by atoms with van der Waals surface area (Å²) < 4.78 is 5.58. The number of hydrogen-bond donors (Lipinski definition) is 1. The van der Waals surface area contributed by atoms with E-state index < -0.39 is 0 Å². The summed E-state index contributed by atoms with van der Waals surface area (Å²) in [5.41, 5.74) is 6.83. The maximum Gasteiger partial charge on any atom is 0.251 e. The summed E-state index contributed by atoms with van der Waals surface area (Å²) in [6.45, 7) is 11.7. The van der Waals surface area contributed by atoms with Gasteiger partial charge in [-0.05, 0) is 110 Å². The van der Waals surface area contributed by atoms with E-state index in [-0.39, 0.29) is 11.9 Å². The first-order valence-electron chi connectivity index (χ1n) is 13.7. The average molecular weight is 499 g/mol. The highest BCUT2D eigenvalue weighted by Gasteiger charge is 2.20. The number of aryl methyl sites for hydroxylation is 1. The predicted molar refractivity (Wildman–Crippen MR) is 152 cm³/mol. The largest absolute Gasteiger partial charge is 0.496 e. The molecule has 1 saturated heterocycles. The van der Waals surface area contributed by atoms with Crippen molar-refractivity contribution in [3.63, 3.8) is 0 Å². The number of methoxy groups -OCH3 is 1. The lowest BCUT2D eigenvalue weighted by molar-refractivity contribution is 0.0939. The first-order chi connectivity index (χ1) is 17.8. The van der Waals surface area contributed by atoms with E-state index in [4.69, 9.17) is 4.74 Å². The number of carbonyl (C=O) groups is 1. The summed E-state index contributed by atoms with van der Waals surface area (Å²) in [6, 6.07) is 23.1. The Bertz CT molecular complexity index is 1160. The van der Waals surface area contributed by atoms with Crippen molar-refractivity contribution in [3.05, 3.63) is 100 Å². The summed E-state index contributed by atoms with van der Waals surface area (Å²) >= 11 is 0. The monoisotopic (exact) mass is 498 g/mol. The molecule has 4 rings (SSSR count). The van der Waals surface area contributed by atoms with Crippen LogP contribution in [0, 0.1) is 12.8 Å². The maximum atomic E-state index is 13.0. The minimum absolute atomic E-state index is 0.0397. The van der Waals surface area contributed by atoms with E-state index in [1.807, 2.05) is 19.1 Å². The zero-order valence-corrected chi connectivity index (χ0v) is 23.1. The number of nitrogens with one attached hydrogen (secondary N) is 1. The van der Waals surface area contributed by atoms with Crippen molar-refractivity contribution < 1.29 is 9.53 Å². The molecule has 0 aliphatic carbocycles. The van der Waals surface area contributed by atoms with Gasteiger partial charge in [-0.3, -0.25) is 9.69 Å². The predicted octanol–water partition coefficient (Wildman–Crippen LogP) is 7.07. The Labute approximate surface area is 223 Å². The normalized spacial score (nSPS) is 15.5. The van der Waals surface area contributed by atoms with Gasteiger partial charge in [0.2, 0.25) is 0 Å². The standard InChI is InChI=1S/C33H42N2O2/c1-23(2)30-21-31(24(3)19-32(30)37-5)25(4)34-33(36)29-13-11-28(12-14-29)22-35-17-15-27(16-18-35)20-26-9-7-6-8-10-26/h6-14,19,21,23,25,27H,15-18,20,22H2,1-5H3,(H,34,36)/t25-/m1/s1. The molecule has 3 aromatic rings. The summed E-state index contributed by atoms with van der Waals surface area (Å²) in [5, 5.41) is 3.19. The van der Waals surface area contributed by atoms with Gasteiger partial charge in [0.25, 0.3) is 5.91 Å². The van der Waals surface area contributed by atoms with Gasteiger partial charge in [0.15, 0.2) is 0 Å². The third-order valence-corrected chi connectivity index (χ3v) is 7.75. The molecule has 0 saturated carbocycles. The van der Waals surface area contributed by atoms with Crippen molar-refractivity contribution >= 4 is 5.91 Å². The van der Waals surface area contributed by atoms with Crippen molar-refractivity contribution in [3.8, 4) is 5.75 Å². The van der Waals surface area contributed by atoms with Gasteiger partial charge in [0, 0.05) is 12.1 Å². The van der Waals surface area contributed by atoms with Crippen LogP contribution < -0.4 is 10.1 Å². The second-order valence-electron chi connectivity index (χ2n) is 10.9. The second-order valence-corrected chi connectivity index (χ2v) is 10.9. The summed E-state index contributed by atoms with van der Waals surface area (Å²) in [7, 11) is 1.71. The molecular weight excluding hydrogens is 456 g/mol. The number of amides is 1. The Kier molecular flexibility index (Phi) is 9.04. The Morgan fingerprint density at radius 1 is 0.946 bits per heavy atom. The molecule has 1 heterocycles. The molecule has 0 bridgehead atoms. The van der Waals surface area contributed by atoms with Gasteiger partial charge in [-0.15, -0.1) is 0 Å². The lowest BCUT2D eigenvalue weighted by atomic mass is 9.90. The summed E-state index contributed by atoms with van der Waals surface area (Å²) in [6.07, 6.45) is 3.68. The highest BCUT2D eigenvalue weighted by molar-refractivity contribution is 5.94. The van der Waals surface area contributed by atoms with Crippen molar-refractivity contribution in [2.45, 2.75) is 65.5 Å². The van der Waals surface area contributed by atoms with Crippen molar-refractivity contribution in [2.24, 2.45) is 5.92 Å². The summed E-state index contributed by atoms with van der Waals surface area (Å²) in [5.74, 6) is 1.99. The van der Waals surface area contributed by atoms with Crippen LogP contribution >= 0.6 is 0 Å². The van der Waals surface area contributed by atoms with Crippen LogP contribution in [0.4, 0.5) is 0 Å². The fourth-order valence-electron chi connectivity index (χ4n) is 5.48. The number of hydrogen-bond acceptors (Lipinski definition) is 3. The quantitative estimate of drug-likeness (QED) is 0.343. The molecule has 1 fully saturated rings. The highest BCUT2D eigenvalue weighted by Crippen LogP contribution is 2.32. The molecule has 196 valence electrons. The molecule has 1 atom stereocenters. The fraction of sp³-hybridized carbons (Fsp3) is 0.424. The number of piperidine rings is 1. The molecule has 3 aromatic carbocycles. The smallest absolute Gasteiger partial charge is 0.251 e. The fourth-order valence-corrected chi connectivity index (χ4v) is 5.48. The average Bonchev–Trinajstić information content (AvgIpc) is 2.90. The zero-order valence-electron chi connectivity index (χ0n) is 23.1. The van der Waals surface area contributed by atoms with E-state index in [2.05, 4.69) is 85.6 Å². The van der Waals surface area contributed by atoms with Crippen molar-refractivity contribution in [1.82, 2.24) is 10.2 Å². The molecule has 37 heavy (non-hydrogen) atoms. The van der Waals surface area contributed by atoms with Gasteiger partial charge >= 0.3 is 0 Å². The van der Waals surface area contributed by atoms with Gasteiger partial charge in [0.1, 0.15) is 5.75 Å². The molecular formula is C33H42N2O2. The van der Waals surface area contributed by atoms with E-state index in [9.17, 15) is 4.79 Å². The van der Waals surface area contributed by atoms with Crippen LogP contribution in [0.2, 0.25) is 0 Å². The van der Waals surface area contributed by atoms with Gasteiger partial charge in [-0.2, -0.15) is 0 Å². The SMILES string of the molecule is COc1cc(C)c([C@@H](C)NC(=O)c2ccc(CN3CCC(Cc4ccccc4)CC3)cc2)cc1C(C)C. The Morgan fingerprint density at radius 3 is 2.24 bits per heavy atom. The third-order valence-electron chi connectivity index (χ3n) is 7.75. The Balaban J connectivity index is 1.30. The molecule has 0 unspecified atom stereocenters. The topological polar surface area (TPSA) is 41.6 Å². The maximum absolute atomic E-state index is 13.0. The van der Waals surface area contributed by atoms with Crippen molar-refractivity contribution in [1.29, 1.82) is 0 Å². The zero-order chi connectivity index (χ0) is 26.4. The summed E-state index contributed by atoms with van der Waals surface area (Å²) in [4.78, 5) is 15.6. The minimum Gasteiger partial charge on any atom is -0.496 e.